The Bertz CT molecular complexity index is 484. The fraction of sp³-hybridized carbons (Fsp3) is 0.333. The van der Waals surface area contributed by atoms with Gasteiger partial charge < -0.3 is 0 Å². The second-order valence-electron chi connectivity index (χ2n) is 4.60. The molecule has 0 aliphatic carbocycles. The van der Waals surface area contributed by atoms with Crippen LogP contribution in [-0.4, -0.2) is 14.0 Å². The molecule has 0 saturated heterocycles. The topological polar surface area (TPSA) is 46.2 Å². The summed E-state index contributed by atoms with van der Waals surface area (Å²) in [6, 6.07) is 6.78. The molecule has 4 heteroatoms. The van der Waals surface area contributed by atoms with Gasteiger partial charge >= 0.3 is 0 Å². The van der Waals surface area contributed by atoms with Gasteiger partial charge in [-0.15, -0.1) is 0 Å². The van der Waals surface area contributed by atoms with Gasteiger partial charge in [0.15, 0.2) is 0 Å². The third-order valence-corrected chi connectivity index (χ3v) is 3.70. The van der Waals surface area contributed by atoms with Gasteiger partial charge in [-0.25, -0.2) is 13.1 Å². The van der Waals surface area contributed by atoms with E-state index >= 15 is 0 Å². The SMILES string of the molecule is C=Cc1ccccc1S(=O)(=O)NC(C)(C)C. The van der Waals surface area contributed by atoms with E-state index in [1.807, 2.05) is 0 Å². The average molecular weight is 239 g/mol. The number of hydrogen-bond donors (Lipinski definition) is 1. The Morgan fingerprint density at radius 1 is 1.25 bits per heavy atom. The van der Waals surface area contributed by atoms with E-state index in [1.165, 1.54) is 6.08 Å². The van der Waals surface area contributed by atoms with Crippen molar-refractivity contribution < 1.29 is 8.42 Å². The first-order chi connectivity index (χ1) is 7.26. The molecule has 0 aliphatic heterocycles. The van der Waals surface area contributed by atoms with Crippen LogP contribution in [0.15, 0.2) is 35.7 Å². The number of sulfonamides is 1. The van der Waals surface area contributed by atoms with E-state index in [-0.39, 0.29) is 4.90 Å². The quantitative estimate of drug-likeness (QED) is 0.880. The molecule has 0 fully saturated rings. The molecule has 0 saturated carbocycles. The van der Waals surface area contributed by atoms with Crippen molar-refractivity contribution in [1.82, 2.24) is 4.72 Å². The molecule has 0 spiro atoms. The minimum Gasteiger partial charge on any atom is -0.207 e. The van der Waals surface area contributed by atoms with Gasteiger partial charge in [0.2, 0.25) is 10.0 Å². The Kier molecular flexibility index (Phi) is 3.55. The molecular formula is C12H17NO2S. The Hall–Kier alpha value is -1.13. The molecule has 16 heavy (non-hydrogen) atoms. The molecule has 0 radical (unpaired) electrons. The third-order valence-electron chi connectivity index (χ3n) is 1.87. The number of rotatable bonds is 3. The lowest BCUT2D eigenvalue weighted by molar-refractivity contribution is 0.491. The minimum atomic E-state index is -3.48. The second kappa shape index (κ2) is 4.39. The van der Waals surface area contributed by atoms with Gasteiger partial charge in [-0.05, 0) is 32.4 Å². The van der Waals surface area contributed by atoms with Gasteiger partial charge in [-0.1, -0.05) is 30.9 Å². The highest BCUT2D eigenvalue weighted by Crippen LogP contribution is 2.18. The van der Waals surface area contributed by atoms with Gasteiger partial charge in [-0.3, -0.25) is 0 Å². The zero-order valence-corrected chi connectivity index (χ0v) is 10.6. The van der Waals surface area contributed by atoms with Crippen LogP contribution in [0.25, 0.3) is 6.08 Å². The standard InChI is InChI=1S/C12H17NO2S/c1-5-10-8-6-7-9-11(10)16(14,15)13-12(2,3)4/h5-9,13H,1H2,2-4H3. The van der Waals surface area contributed by atoms with Crippen LogP contribution in [0.4, 0.5) is 0 Å². The van der Waals surface area contributed by atoms with Crippen LogP contribution >= 0.6 is 0 Å². The summed E-state index contributed by atoms with van der Waals surface area (Å²) in [5.74, 6) is 0. The predicted octanol–water partition coefficient (Wildman–Crippen LogP) is 2.41. The van der Waals surface area contributed by atoms with Gasteiger partial charge in [0.25, 0.3) is 0 Å². The molecule has 1 aromatic rings. The molecule has 1 N–H and O–H groups in total. The normalized spacial score (nSPS) is 12.4. The van der Waals surface area contributed by atoms with E-state index in [1.54, 1.807) is 45.0 Å². The highest BCUT2D eigenvalue weighted by molar-refractivity contribution is 7.89. The fourth-order valence-electron chi connectivity index (χ4n) is 1.35. The molecule has 0 amide bonds. The van der Waals surface area contributed by atoms with Crippen molar-refractivity contribution in [3.05, 3.63) is 36.4 Å². The van der Waals surface area contributed by atoms with E-state index in [2.05, 4.69) is 11.3 Å². The number of benzene rings is 1. The first kappa shape index (κ1) is 12.9. The van der Waals surface area contributed by atoms with Gasteiger partial charge in [0.05, 0.1) is 4.90 Å². The third kappa shape index (κ3) is 3.18. The molecule has 0 bridgehead atoms. The van der Waals surface area contributed by atoms with Crippen molar-refractivity contribution in [3.63, 3.8) is 0 Å². The summed E-state index contributed by atoms with van der Waals surface area (Å²) in [7, 11) is -3.48. The summed E-state index contributed by atoms with van der Waals surface area (Å²) in [5, 5.41) is 0. The highest BCUT2D eigenvalue weighted by Gasteiger charge is 2.23. The molecule has 1 rings (SSSR count). The maximum absolute atomic E-state index is 12.1. The Morgan fingerprint density at radius 3 is 2.31 bits per heavy atom. The molecule has 0 aromatic heterocycles. The zero-order chi connectivity index (χ0) is 12.4. The summed E-state index contributed by atoms with van der Waals surface area (Å²) in [5.41, 5.74) is 0.117. The first-order valence-electron chi connectivity index (χ1n) is 5.02. The largest absolute Gasteiger partial charge is 0.241 e. The summed E-state index contributed by atoms with van der Waals surface area (Å²) in [4.78, 5) is 0.264. The van der Waals surface area contributed by atoms with Crippen molar-refractivity contribution in [2.45, 2.75) is 31.2 Å². The molecule has 0 heterocycles. The summed E-state index contributed by atoms with van der Waals surface area (Å²) in [6.45, 7) is 9.03. The first-order valence-corrected chi connectivity index (χ1v) is 6.50. The van der Waals surface area contributed by atoms with Crippen LogP contribution in [-0.2, 0) is 10.0 Å². The Labute approximate surface area is 97.2 Å². The van der Waals surface area contributed by atoms with Crippen LogP contribution < -0.4 is 4.72 Å². The lowest BCUT2D eigenvalue weighted by atomic mass is 10.1. The lowest BCUT2D eigenvalue weighted by Gasteiger charge is -2.21. The summed E-state index contributed by atoms with van der Waals surface area (Å²) < 4.78 is 26.7. The van der Waals surface area contributed by atoms with Crippen LogP contribution in [0.2, 0.25) is 0 Å². The summed E-state index contributed by atoms with van der Waals surface area (Å²) >= 11 is 0. The molecule has 88 valence electrons. The maximum Gasteiger partial charge on any atom is 0.241 e. The van der Waals surface area contributed by atoms with Crippen molar-refractivity contribution in [3.8, 4) is 0 Å². The van der Waals surface area contributed by atoms with Crippen LogP contribution in [0.1, 0.15) is 26.3 Å². The van der Waals surface area contributed by atoms with E-state index in [4.69, 9.17) is 0 Å². The monoisotopic (exact) mass is 239 g/mol. The van der Waals surface area contributed by atoms with Crippen LogP contribution in [0.5, 0.6) is 0 Å². The summed E-state index contributed by atoms with van der Waals surface area (Å²) in [6.07, 6.45) is 1.54. The van der Waals surface area contributed by atoms with Gasteiger partial charge in [-0.2, -0.15) is 0 Å². The second-order valence-corrected chi connectivity index (χ2v) is 6.25. The van der Waals surface area contributed by atoms with Gasteiger partial charge in [0.1, 0.15) is 0 Å². The smallest absolute Gasteiger partial charge is 0.207 e. The molecule has 3 nitrogen and oxygen atoms in total. The van der Waals surface area contributed by atoms with Crippen molar-refractivity contribution in [2.75, 3.05) is 0 Å². The average Bonchev–Trinajstić information content (AvgIpc) is 2.14. The molecule has 0 unspecified atom stereocenters. The highest BCUT2D eigenvalue weighted by atomic mass is 32.2. The van der Waals surface area contributed by atoms with E-state index in [9.17, 15) is 8.42 Å². The fourth-order valence-corrected chi connectivity index (χ4v) is 2.99. The number of hydrogen-bond acceptors (Lipinski definition) is 2. The molecule has 1 aromatic carbocycles. The van der Waals surface area contributed by atoms with Crippen molar-refractivity contribution >= 4 is 16.1 Å². The van der Waals surface area contributed by atoms with Crippen molar-refractivity contribution in [2.24, 2.45) is 0 Å². The number of nitrogens with one attached hydrogen (secondary N) is 1. The maximum atomic E-state index is 12.1. The Morgan fingerprint density at radius 2 is 1.81 bits per heavy atom. The van der Waals surface area contributed by atoms with E-state index in [0.29, 0.717) is 5.56 Å². The van der Waals surface area contributed by atoms with Crippen LogP contribution in [0.3, 0.4) is 0 Å². The van der Waals surface area contributed by atoms with Crippen LogP contribution in [0, 0.1) is 0 Å². The minimum absolute atomic E-state index is 0.264. The lowest BCUT2D eigenvalue weighted by Crippen LogP contribution is -2.40. The predicted molar refractivity (Wildman–Crippen MR) is 66.6 cm³/mol. The van der Waals surface area contributed by atoms with E-state index in [0.717, 1.165) is 0 Å². The molecular weight excluding hydrogens is 222 g/mol. The Balaban J connectivity index is 3.23. The van der Waals surface area contributed by atoms with E-state index < -0.39 is 15.6 Å². The van der Waals surface area contributed by atoms with Gasteiger partial charge in [0, 0.05) is 5.54 Å². The molecule has 0 aliphatic rings. The zero-order valence-electron chi connectivity index (χ0n) is 9.82. The van der Waals surface area contributed by atoms with Crippen molar-refractivity contribution in [1.29, 1.82) is 0 Å². The molecule has 0 atom stereocenters.